The van der Waals surface area contributed by atoms with Crippen LogP contribution in [0, 0.1) is 11.8 Å². The van der Waals surface area contributed by atoms with Gasteiger partial charge in [0, 0.05) is 18.6 Å². The first-order chi connectivity index (χ1) is 8.19. The molecule has 2 heteroatoms. The third kappa shape index (κ3) is 3.69. The zero-order valence-electron chi connectivity index (χ0n) is 11.9. The molecule has 0 amide bonds. The lowest BCUT2D eigenvalue weighted by Gasteiger charge is -2.43. The minimum atomic E-state index is 0.751. The third-order valence-corrected chi connectivity index (χ3v) is 4.62. The van der Waals surface area contributed by atoms with E-state index in [2.05, 4.69) is 31.0 Å². The van der Waals surface area contributed by atoms with Crippen LogP contribution in [0.15, 0.2) is 0 Å². The first kappa shape index (κ1) is 13.4. The second-order valence-corrected chi connectivity index (χ2v) is 6.46. The summed E-state index contributed by atoms with van der Waals surface area (Å²) in [5.41, 5.74) is 0. The van der Waals surface area contributed by atoms with Crippen molar-refractivity contribution in [2.75, 3.05) is 19.6 Å². The minimum Gasteiger partial charge on any atom is -0.313 e. The molecule has 0 aromatic carbocycles. The molecule has 2 aliphatic rings. The van der Waals surface area contributed by atoms with E-state index in [4.69, 9.17) is 0 Å². The van der Waals surface area contributed by atoms with Crippen LogP contribution in [0.5, 0.6) is 0 Å². The molecule has 0 aromatic rings. The van der Waals surface area contributed by atoms with Gasteiger partial charge in [-0.25, -0.2) is 0 Å². The molecule has 1 saturated heterocycles. The predicted molar refractivity (Wildman–Crippen MR) is 74.2 cm³/mol. The van der Waals surface area contributed by atoms with Crippen LogP contribution in [0.25, 0.3) is 0 Å². The average Bonchev–Trinajstić information content (AvgIpc) is 2.28. The van der Waals surface area contributed by atoms with Crippen LogP contribution < -0.4 is 5.32 Å². The summed E-state index contributed by atoms with van der Waals surface area (Å²) in [6, 6.07) is 1.62. The van der Waals surface area contributed by atoms with E-state index >= 15 is 0 Å². The van der Waals surface area contributed by atoms with Gasteiger partial charge in [0.25, 0.3) is 0 Å². The molecule has 1 saturated carbocycles. The van der Waals surface area contributed by atoms with Crippen LogP contribution in [0.2, 0.25) is 0 Å². The fourth-order valence-corrected chi connectivity index (χ4v) is 4.00. The van der Waals surface area contributed by atoms with Crippen LogP contribution in [-0.2, 0) is 0 Å². The molecule has 0 bridgehead atoms. The molecule has 0 spiro atoms. The molecule has 1 aliphatic carbocycles. The Morgan fingerprint density at radius 3 is 2.47 bits per heavy atom. The fraction of sp³-hybridized carbons (Fsp3) is 1.00. The number of rotatable bonds is 3. The monoisotopic (exact) mass is 238 g/mol. The number of likely N-dealkylation sites (N-methyl/N-ethyl adjacent to an activating group) is 1. The molecule has 3 atom stereocenters. The van der Waals surface area contributed by atoms with Gasteiger partial charge in [0.1, 0.15) is 0 Å². The summed E-state index contributed by atoms with van der Waals surface area (Å²) in [5, 5.41) is 3.63. The van der Waals surface area contributed by atoms with Gasteiger partial charge in [-0.3, -0.25) is 4.90 Å². The van der Waals surface area contributed by atoms with Crippen molar-refractivity contribution in [1.82, 2.24) is 10.2 Å². The second kappa shape index (κ2) is 6.19. The predicted octanol–water partition coefficient (Wildman–Crippen LogP) is 2.89. The van der Waals surface area contributed by atoms with E-state index in [-0.39, 0.29) is 0 Å². The SMILES string of the molecule is CCNC1CCCN(C2CC(C)CC(C)C2)C1. The molecule has 1 aliphatic heterocycles. The smallest absolute Gasteiger partial charge is 0.0195 e. The maximum absolute atomic E-state index is 3.63. The normalized spacial score (nSPS) is 40.4. The van der Waals surface area contributed by atoms with Gasteiger partial charge >= 0.3 is 0 Å². The molecule has 100 valence electrons. The molecule has 2 nitrogen and oxygen atoms in total. The van der Waals surface area contributed by atoms with Gasteiger partial charge in [0.15, 0.2) is 0 Å². The van der Waals surface area contributed by atoms with E-state index in [1.807, 2.05) is 0 Å². The highest BCUT2D eigenvalue weighted by Gasteiger charge is 2.31. The molecular formula is C15H30N2. The summed E-state index contributed by atoms with van der Waals surface area (Å²) >= 11 is 0. The lowest BCUT2D eigenvalue weighted by atomic mass is 9.79. The second-order valence-electron chi connectivity index (χ2n) is 6.46. The molecule has 1 N–H and O–H groups in total. The Kier molecular flexibility index (Phi) is 4.87. The summed E-state index contributed by atoms with van der Waals surface area (Å²) in [5.74, 6) is 1.87. The highest BCUT2D eigenvalue weighted by molar-refractivity contribution is 4.87. The van der Waals surface area contributed by atoms with E-state index in [0.717, 1.165) is 30.5 Å². The Balaban J connectivity index is 1.87. The zero-order chi connectivity index (χ0) is 12.3. The largest absolute Gasteiger partial charge is 0.313 e. The van der Waals surface area contributed by atoms with Crippen molar-refractivity contribution in [1.29, 1.82) is 0 Å². The van der Waals surface area contributed by atoms with Gasteiger partial charge < -0.3 is 5.32 Å². The van der Waals surface area contributed by atoms with Crippen molar-refractivity contribution in [2.24, 2.45) is 11.8 Å². The summed E-state index contributed by atoms with van der Waals surface area (Å²) in [6.45, 7) is 10.9. The summed E-state index contributed by atoms with van der Waals surface area (Å²) in [6.07, 6.45) is 7.08. The number of nitrogens with zero attached hydrogens (tertiary/aromatic N) is 1. The standard InChI is InChI=1S/C15H30N2/c1-4-16-14-6-5-7-17(11-14)15-9-12(2)8-13(3)10-15/h12-16H,4-11H2,1-3H3. The van der Waals surface area contributed by atoms with Crippen LogP contribution in [-0.4, -0.2) is 36.6 Å². The Bertz CT molecular complexity index is 217. The lowest BCUT2D eigenvalue weighted by Crippen LogP contribution is -2.51. The number of nitrogens with one attached hydrogen (secondary N) is 1. The summed E-state index contributed by atoms with van der Waals surface area (Å²) in [4.78, 5) is 2.78. The van der Waals surface area contributed by atoms with E-state index in [1.54, 1.807) is 0 Å². The zero-order valence-corrected chi connectivity index (χ0v) is 11.9. The van der Waals surface area contributed by atoms with Gasteiger partial charge in [0.05, 0.1) is 0 Å². The molecule has 2 fully saturated rings. The maximum Gasteiger partial charge on any atom is 0.0195 e. The number of hydrogen-bond acceptors (Lipinski definition) is 2. The molecule has 2 rings (SSSR count). The topological polar surface area (TPSA) is 15.3 Å². The minimum absolute atomic E-state index is 0.751. The van der Waals surface area contributed by atoms with Crippen molar-refractivity contribution in [2.45, 2.75) is 65.0 Å². The number of likely N-dealkylation sites (tertiary alicyclic amines) is 1. The molecular weight excluding hydrogens is 208 g/mol. The van der Waals surface area contributed by atoms with E-state index in [1.165, 1.54) is 45.2 Å². The van der Waals surface area contributed by atoms with Crippen molar-refractivity contribution in [3.63, 3.8) is 0 Å². The molecule has 1 heterocycles. The van der Waals surface area contributed by atoms with Gasteiger partial charge in [-0.05, 0) is 57.0 Å². The Morgan fingerprint density at radius 1 is 1.12 bits per heavy atom. The molecule has 17 heavy (non-hydrogen) atoms. The van der Waals surface area contributed by atoms with Crippen molar-refractivity contribution >= 4 is 0 Å². The van der Waals surface area contributed by atoms with Crippen molar-refractivity contribution in [3.05, 3.63) is 0 Å². The van der Waals surface area contributed by atoms with Gasteiger partial charge in [-0.15, -0.1) is 0 Å². The summed E-state index contributed by atoms with van der Waals surface area (Å²) < 4.78 is 0. The first-order valence-electron chi connectivity index (χ1n) is 7.66. The Hall–Kier alpha value is -0.0800. The lowest BCUT2D eigenvalue weighted by molar-refractivity contribution is 0.0783. The van der Waals surface area contributed by atoms with Crippen LogP contribution in [0.1, 0.15) is 52.9 Å². The Morgan fingerprint density at radius 2 is 1.82 bits per heavy atom. The van der Waals surface area contributed by atoms with Gasteiger partial charge in [-0.2, -0.15) is 0 Å². The first-order valence-corrected chi connectivity index (χ1v) is 7.66. The Labute approximate surface area is 107 Å². The van der Waals surface area contributed by atoms with E-state index in [9.17, 15) is 0 Å². The maximum atomic E-state index is 3.63. The van der Waals surface area contributed by atoms with Crippen molar-refractivity contribution < 1.29 is 0 Å². The van der Waals surface area contributed by atoms with E-state index in [0.29, 0.717) is 0 Å². The molecule has 3 unspecified atom stereocenters. The number of hydrogen-bond donors (Lipinski definition) is 1. The quantitative estimate of drug-likeness (QED) is 0.813. The van der Waals surface area contributed by atoms with Crippen molar-refractivity contribution in [3.8, 4) is 0 Å². The molecule has 0 radical (unpaired) electrons. The summed E-state index contributed by atoms with van der Waals surface area (Å²) in [7, 11) is 0. The van der Waals surface area contributed by atoms with Crippen LogP contribution >= 0.6 is 0 Å². The fourth-order valence-electron chi connectivity index (χ4n) is 4.00. The molecule has 0 aromatic heterocycles. The highest BCUT2D eigenvalue weighted by atomic mass is 15.2. The van der Waals surface area contributed by atoms with E-state index < -0.39 is 0 Å². The highest BCUT2D eigenvalue weighted by Crippen LogP contribution is 2.32. The van der Waals surface area contributed by atoms with Gasteiger partial charge in [0.2, 0.25) is 0 Å². The van der Waals surface area contributed by atoms with Gasteiger partial charge in [-0.1, -0.05) is 20.8 Å². The van der Waals surface area contributed by atoms with Crippen LogP contribution in [0.4, 0.5) is 0 Å². The van der Waals surface area contributed by atoms with Crippen LogP contribution in [0.3, 0.4) is 0 Å². The third-order valence-electron chi connectivity index (χ3n) is 4.62. The average molecular weight is 238 g/mol. The number of piperidine rings is 1.